The van der Waals surface area contributed by atoms with Crippen molar-refractivity contribution in [3.8, 4) is 0 Å². The van der Waals surface area contributed by atoms with Gasteiger partial charge in [-0.15, -0.1) is 0 Å². The van der Waals surface area contributed by atoms with E-state index in [-0.39, 0.29) is 19.1 Å². The van der Waals surface area contributed by atoms with E-state index in [1.807, 2.05) is 27.2 Å². The number of hydrogen-bond donors (Lipinski definition) is 3. The summed E-state index contributed by atoms with van der Waals surface area (Å²) in [6, 6.07) is -0.865. The fourth-order valence-electron chi connectivity index (χ4n) is 10.2. The highest BCUT2D eigenvalue weighted by Crippen LogP contribution is 2.43. The summed E-state index contributed by atoms with van der Waals surface area (Å²) in [6.45, 7) is 4.84. The fraction of sp³-hybridized carbons (Fsp3) is 0.870. The molecule has 3 atom stereocenters. The third-order valence-corrected chi connectivity index (χ3v) is 16.5. The molecule has 78 heavy (non-hydrogen) atoms. The van der Waals surface area contributed by atoms with Gasteiger partial charge >= 0.3 is 7.82 Å². The number of quaternary nitrogens is 1. The van der Waals surface area contributed by atoms with E-state index in [2.05, 4.69) is 55.6 Å². The number of carbonyl (C=O) groups is 1. The first kappa shape index (κ1) is 76.5. The Morgan fingerprint density at radius 3 is 1.10 bits per heavy atom. The van der Waals surface area contributed by atoms with Gasteiger partial charge in [0, 0.05) is 6.42 Å². The van der Waals surface area contributed by atoms with Crippen molar-refractivity contribution >= 4 is 13.7 Å². The first-order chi connectivity index (χ1) is 38.0. The number of amides is 1. The van der Waals surface area contributed by atoms with Gasteiger partial charge in [0.05, 0.1) is 39.9 Å². The Labute approximate surface area is 486 Å². The number of nitrogens with zero attached hydrogens (tertiary/aromatic N) is 1. The summed E-state index contributed by atoms with van der Waals surface area (Å²) < 4.78 is 23.8. The Bertz CT molecular complexity index is 1410. The van der Waals surface area contributed by atoms with Crippen LogP contribution >= 0.6 is 7.82 Å². The molecule has 3 unspecified atom stereocenters. The Morgan fingerprint density at radius 2 is 0.744 bits per heavy atom. The van der Waals surface area contributed by atoms with E-state index in [0.717, 1.165) is 44.9 Å². The van der Waals surface area contributed by atoms with Crippen LogP contribution < -0.4 is 5.32 Å². The summed E-state index contributed by atoms with van der Waals surface area (Å²) in [5, 5.41) is 14.0. The van der Waals surface area contributed by atoms with Crippen LogP contribution in [0, 0.1) is 0 Å². The van der Waals surface area contributed by atoms with Crippen molar-refractivity contribution in [2.24, 2.45) is 0 Å². The van der Waals surface area contributed by atoms with Crippen LogP contribution in [0.3, 0.4) is 0 Å². The molecule has 0 saturated carbocycles. The Hall–Kier alpha value is -1.54. The first-order valence-corrected chi connectivity index (χ1v) is 35.5. The van der Waals surface area contributed by atoms with Crippen molar-refractivity contribution in [2.45, 2.75) is 347 Å². The number of nitrogens with one attached hydrogen (secondary N) is 1. The lowest BCUT2D eigenvalue weighted by Crippen LogP contribution is -2.45. The topological polar surface area (TPSA) is 105 Å². The minimum absolute atomic E-state index is 0.0565. The summed E-state index contributed by atoms with van der Waals surface area (Å²) in [7, 11) is 1.56. The number of aliphatic hydroxyl groups excluding tert-OH is 1. The molecule has 1 amide bonds. The highest BCUT2D eigenvalue weighted by atomic mass is 31.2. The van der Waals surface area contributed by atoms with Gasteiger partial charge in [0.25, 0.3) is 0 Å². The molecule has 0 rings (SSSR count). The molecule has 0 fully saturated rings. The van der Waals surface area contributed by atoms with Gasteiger partial charge < -0.3 is 19.8 Å². The van der Waals surface area contributed by atoms with Gasteiger partial charge in [0.2, 0.25) is 5.91 Å². The number of unbranched alkanes of at least 4 members (excludes halogenated alkanes) is 44. The summed E-state index contributed by atoms with van der Waals surface area (Å²) in [5.74, 6) is -0.182. The summed E-state index contributed by atoms with van der Waals surface area (Å²) in [4.78, 5) is 23.4. The minimum Gasteiger partial charge on any atom is -0.387 e. The molecule has 0 heterocycles. The molecule has 0 aliphatic rings. The lowest BCUT2D eigenvalue weighted by molar-refractivity contribution is -0.870. The predicted molar refractivity (Wildman–Crippen MR) is 341 cm³/mol. The van der Waals surface area contributed by atoms with E-state index in [1.54, 1.807) is 6.08 Å². The van der Waals surface area contributed by atoms with E-state index >= 15 is 0 Å². The lowest BCUT2D eigenvalue weighted by atomic mass is 10.0. The zero-order valence-corrected chi connectivity index (χ0v) is 53.6. The minimum atomic E-state index is -4.36. The fourth-order valence-corrected chi connectivity index (χ4v) is 10.9. The largest absolute Gasteiger partial charge is 0.472 e. The molecule has 0 aliphatic heterocycles. The monoisotopic (exact) mass is 1120 g/mol. The van der Waals surface area contributed by atoms with Crippen molar-refractivity contribution in [3.05, 3.63) is 48.6 Å². The Balaban J connectivity index is 4.11. The third kappa shape index (κ3) is 62.1. The molecule has 0 bridgehead atoms. The van der Waals surface area contributed by atoms with E-state index in [9.17, 15) is 19.4 Å². The second-order valence-electron chi connectivity index (χ2n) is 24.5. The summed E-state index contributed by atoms with van der Waals surface area (Å²) in [6.07, 6.45) is 81.1. The molecule has 3 N–H and O–H groups in total. The van der Waals surface area contributed by atoms with Crippen LogP contribution in [0.1, 0.15) is 335 Å². The van der Waals surface area contributed by atoms with Crippen LogP contribution in [0.25, 0.3) is 0 Å². The van der Waals surface area contributed by atoms with Gasteiger partial charge in [-0.05, 0) is 64.2 Å². The van der Waals surface area contributed by atoms with E-state index in [0.29, 0.717) is 17.4 Å². The number of aliphatic hydroxyl groups is 1. The molecule has 0 radical (unpaired) electrons. The van der Waals surface area contributed by atoms with Crippen molar-refractivity contribution in [2.75, 3.05) is 40.9 Å². The standard InChI is InChI=1S/C69H133N2O6P/c1-6-8-10-12-14-16-18-20-22-24-26-28-30-32-33-34-35-36-37-39-41-43-45-47-49-51-53-55-57-59-61-63-69(73)70-67(66-77-78(74,75)76-65-64-71(3,4)5)68(72)62-60-58-56-54-52-50-48-46-44-42-40-38-31-29-27-25-23-21-19-17-15-13-11-9-7-2/h26,28,32-33,52,54,60,62,67-68,72H,6-25,27,29-31,34-51,53,55-59,61,63-66H2,1-5H3,(H-,70,73,74,75)/p+1/b28-26-,33-32-,54-52+,62-60+. The molecule has 9 heteroatoms. The normalized spacial score (nSPS) is 14.0. The Kier molecular flexibility index (Phi) is 58.9. The highest BCUT2D eigenvalue weighted by Gasteiger charge is 2.28. The second-order valence-corrected chi connectivity index (χ2v) is 26.0. The number of phosphoric ester groups is 1. The zero-order chi connectivity index (χ0) is 57.0. The SMILES string of the molecule is CCCCCCCCCCC/C=C\C/C=C\CCCCCCCCCCCCCCCCCC(=O)NC(COP(=O)(O)OCC[N+](C)(C)C)C(O)/C=C/CC/C=C/CCCCCCCCCCCCCCCCCCCCC. The molecule has 460 valence electrons. The lowest BCUT2D eigenvalue weighted by Gasteiger charge is -2.25. The third-order valence-electron chi connectivity index (χ3n) is 15.5. The first-order valence-electron chi connectivity index (χ1n) is 34.0. The van der Waals surface area contributed by atoms with Gasteiger partial charge in [0.15, 0.2) is 0 Å². The average molecular weight is 1120 g/mol. The molecule has 0 aromatic carbocycles. The van der Waals surface area contributed by atoms with Gasteiger partial charge in [-0.1, -0.05) is 313 Å². The van der Waals surface area contributed by atoms with E-state index in [1.165, 1.54) is 270 Å². The second kappa shape index (κ2) is 60.1. The van der Waals surface area contributed by atoms with Crippen LogP contribution in [0.2, 0.25) is 0 Å². The zero-order valence-electron chi connectivity index (χ0n) is 52.7. The van der Waals surface area contributed by atoms with Crippen molar-refractivity contribution in [1.29, 1.82) is 0 Å². The molecule has 0 aliphatic carbocycles. The molecular formula is C69H134N2O6P+. The molecule has 8 nitrogen and oxygen atoms in total. The number of rotatable bonds is 63. The molecule has 0 spiro atoms. The average Bonchev–Trinajstić information content (AvgIpc) is 3.41. The van der Waals surface area contributed by atoms with Gasteiger partial charge in [-0.3, -0.25) is 13.8 Å². The van der Waals surface area contributed by atoms with Crippen LogP contribution in [-0.2, 0) is 18.4 Å². The van der Waals surface area contributed by atoms with Gasteiger partial charge in [0.1, 0.15) is 13.2 Å². The number of allylic oxidation sites excluding steroid dienone is 7. The van der Waals surface area contributed by atoms with Crippen LogP contribution in [-0.4, -0.2) is 73.4 Å². The number of hydrogen-bond acceptors (Lipinski definition) is 5. The maximum atomic E-state index is 13.0. The highest BCUT2D eigenvalue weighted by molar-refractivity contribution is 7.47. The number of likely N-dealkylation sites (N-methyl/N-ethyl adjacent to an activating group) is 1. The predicted octanol–water partition coefficient (Wildman–Crippen LogP) is 21.4. The smallest absolute Gasteiger partial charge is 0.387 e. The Morgan fingerprint density at radius 1 is 0.436 bits per heavy atom. The number of carbonyl (C=O) groups excluding carboxylic acids is 1. The molecular weight excluding hydrogens is 984 g/mol. The maximum Gasteiger partial charge on any atom is 0.472 e. The van der Waals surface area contributed by atoms with Crippen LogP contribution in [0.15, 0.2) is 48.6 Å². The van der Waals surface area contributed by atoms with E-state index < -0.39 is 20.0 Å². The van der Waals surface area contributed by atoms with Crippen LogP contribution in [0.4, 0.5) is 0 Å². The number of phosphoric acid groups is 1. The summed E-state index contributed by atoms with van der Waals surface area (Å²) in [5.41, 5.74) is 0. The molecule has 0 saturated heterocycles. The van der Waals surface area contributed by atoms with Gasteiger partial charge in [-0.25, -0.2) is 4.57 Å². The van der Waals surface area contributed by atoms with Crippen molar-refractivity contribution in [1.82, 2.24) is 5.32 Å². The quantitative estimate of drug-likeness (QED) is 0.0243. The molecule has 0 aromatic heterocycles. The molecule has 0 aromatic rings. The van der Waals surface area contributed by atoms with Gasteiger partial charge in [-0.2, -0.15) is 0 Å². The maximum absolute atomic E-state index is 13.0. The van der Waals surface area contributed by atoms with Crippen molar-refractivity contribution < 1.29 is 32.9 Å². The van der Waals surface area contributed by atoms with Crippen LogP contribution in [0.5, 0.6) is 0 Å². The van der Waals surface area contributed by atoms with Crippen molar-refractivity contribution in [3.63, 3.8) is 0 Å². The van der Waals surface area contributed by atoms with E-state index in [4.69, 9.17) is 9.05 Å². The summed E-state index contributed by atoms with van der Waals surface area (Å²) >= 11 is 0.